The fraction of sp³-hybridized carbons (Fsp3) is 0.929. The summed E-state index contributed by atoms with van der Waals surface area (Å²) in [5.74, 6) is 1.94. The first-order chi connectivity index (χ1) is 8.11. The van der Waals surface area contributed by atoms with Gasteiger partial charge < -0.3 is 4.90 Å². The van der Waals surface area contributed by atoms with Crippen molar-refractivity contribution in [3.05, 3.63) is 0 Å². The first-order valence-corrected chi connectivity index (χ1v) is 7.18. The Morgan fingerprint density at radius 2 is 1.88 bits per heavy atom. The van der Waals surface area contributed by atoms with Gasteiger partial charge in [0.25, 0.3) is 0 Å². The molecule has 1 N–H and O–H groups in total. The maximum absolute atomic E-state index is 12.1. The molecule has 2 atom stereocenters. The fourth-order valence-corrected chi connectivity index (χ4v) is 3.17. The lowest BCUT2D eigenvalue weighted by atomic mass is 9.83. The molecule has 2 rings (SSSR count). The zero-order valence-electron chi connectivity index (χ0n) is 11.4. The molecule has 0 bridgehead atoms. The molecule has 1 saturated heterocycles. The molecule has 3 nitrogen and oxygen atoms in total. The van der Waals surface area contributed by atoms with Crippen molar-refractivity contribution in [3.8, 4) is 0 Å². The summed E-state index contributed by atoms with van der Waals surface area (Å²) in [4.78, 5) is 14.2. The second-order valence-electron chi connectivity index (χ2n) is 5.92. The van der Waals surface area contributed by atoms with Crippen LogP contribution in [0.1, 0.15) is 52.9 Å². The van der Waals surface area contributed by atoms with Gasteiger partial charge in [0.2, 0.25) is 5.91 Å². The highest BCUT2D eigenvalue weighted by molar-refractivity contribution is 5.84. The van der Waals surface area contributed by atoms with E-state index >= 15 is 0 Å². The van der Waals surface area contributed by atoms with E-state index in [1.54, 1.807) is 0 Å². The average molecular weight is 238 g/mol. The third kappa shape index (κ3) is 2.82. The molecule has 0 radical (unpaired) electrons. The SMILES string of the molecule is CCC1NC(C)N(CC2CCC(C)CC2)C1=O. The van der Waals surface area contributed by atoms with Gasteiger partial charge in [-0.1, -0.05) is 26.7 Å². The molecule has 2 unspecified atom stereocenters. The Bertz CT molecular complexity index is 271. The highest BCUT2D eigenvalue weighted by Crippen LogP contribution is 2.30. The van der Waals surface area contributed by atoms with Crippen molar-refractivity contribution in [1.82, 2.24) is 10.2 Å². The summed E-state index contributed by atoms with van der Waals surface area (Å²) in [6.07, 6.45) is 6.41. The van der Waals surface area contributed by atoms with Crippen molar-refractivity contribution in [3.63, 3.8) is 0 Å². The number of hydrogen-bond acceptors (Lipinski definition) is 2. The first kappa shape index (κ1) is 12.9. The van der Waals surface area contributed by atoms with E-state index < -0.39 is 0 Å². The molecule has 1 aliphatic heterocycles. The number of amides is 1. The maximum Gasteiger partial charge on any atom is 0.241 e. The van der Waals surface area contributed by atoms with Gasteiger partial charge in [0.05, 0.1) is 12.2 Å². The molecule has 0 aromatic heterocycles. The Morgan fingerprint density at radius 1 is 1.24 bits per heavy atom. The van der Waals surface area contributed by atoms with E-state index in [1.165, 1.54) is 25.7 Å². The minimum atomic E-state index is 0.0625. The zero-order chi connectivity index (χ0) is 12.4. The molecule has 17 heavy (non-hydrogen) atoms. The topological polar surface area (TPSA) is 32.3 Å². The van der Waals surface area contributed by atoms with Gasteiger partial charge in [0.15, 0.2) is 0 Å². The molecule has 2 aliphatic rings. The van der Waals surface area contributed by atoms with Crippen molar-refractivity contribution < 1.29 is 4.79 Å². The van der Waals surface area contributed by atoms with Gasteiger partial charge in [-0.2, -0.15) is 0 Å². The van der Waals surface area contributed by atoms with Crippen LogP contribution in [0.3, 0.4) is 0 Å². The summed E-state index contributed by atoms with van der Waals surface area (Å²) in [6.45, 7) is 7.50. The van der Waals surface area contributed by atoms with Crippen LogP contribution in [0.5, 0.6) is 0 Å². The van der Waals surface area contributed by atoms with Crippen LogP contribution in [0, 0.1) is 11.8 Å². The molecule has 0 aromatic carbocycles. The van der Waals surface area contributed by atoms with E-state index in [0.717, 1.165) is 24.8 Å². The van der Waals surface area contributed by atoms with E-state index in [4.69, 9.17) is 0 Å². The molecule has 98 valence electrons. The van der Waals surface area contributed by atoms with Gasteiger partial charge in [0.1, 0.15) is 0 Å². The van der Waals surface area contributed by atoms with E-state index in [2.05, 4.69) is 31.0 Å². The lowest BCUT2D eigenvalue weighted by Crippen LogP contribution is -2.39. The Kier molecular flexibility index (Phi) is 4.08. The van der Waals surface area contributed by atoms with Gasteiger partial charge in [-0.05, 0) is 38.0 Å². The van der Waals surface area contributed by atoms with Crippen LogP contribution in [0.4, 0.5) is 0 Å². The van der Waals surface area contributed by atoms with Crippen LogP contribution >= 0.6 is 0 Å². The number of hydrogen-bond donors (Lipinski definition) is 1. The number of carbonyl (C=O) groups excluding carboxylic acids is 1. The lowest BCUT2D eigenvalue weighted by Gasteiger charge is -2.31. The van der Waals surface area contributed by atoms with E-state index in [9.17, 15) is 4.79 Å². The normalized spacial score (nSPS) is 38.8. The summed E-state index contributed by atoms with van der Waals surface area (Å²) in [6, 6.07) is 0.0625. The fourth-order valence-electron chi connectivity index (χ4n) is 3.17. The Labute approximate surface area is 105 Å². The molecule has 3 heteroatoms. The molecule has 2 fully saturated rings. The van der Waals surface area contributed by atoms with Crippen LogP contribution in [0.2, 0.25) is 0 Å². The van der Waals surface area contributed by atoms with Gasteiger partial charge in [-0.25, -0.2) is 0 Å². The molecule has 1 saturated carbocycles. The van der Waals surface area contributed by atoms with Crippen LogP contribution in [-0.2, 0) is 4.79 Å². The standard InChI is InChI=1S/C14H26N2O/c1-4-13-14(17)16(11(3)15-13)9-12-7-5-10(2)6-8-12/h10-13,15H,4-9H2,1-3H3. The van der Waals surface area contributed by atoms with Gasteiger partial charge in [0, 0.05) is 6.54 Å². The number of nitrogens with one attached hydrogen (secondary N) is 1. The zero-order valence-corrected chi connectivity index (χ0v) is 11.4. The van der Waals surface area contributed by atoms with E-state index in [-0.39, 0.29) is 12.2 Å². The van der Waals surface area contributed by atoms with Crippen LogP contribution in [0.15, 0.2) is 0 Å². The molecule has 0 spiro atoms. The molecule has 1 aliphatic carbocycles. The predicted octanol–water partition coefficient (Wildman–Crippen LogP) is 2.37. The molecule has 1 heterocycles. The molecule has 1 amide bonds. The Hall–Kier alpha value is -0.570. The monoisotopic (exact) mass is 238 g/mol. The van der Waals surface area contributed by atoms with Crippen molar-refractivity contribution in [2.75, 3.05) is 6.54 Å². The van der Waals surface area contributed by atoms with Crippen LogP contribution in [0.25, 0.3) is 0 Å². The molecule has 0 aromatic rings. The molecular formula is C14H26N2O. The van der Waals surface area contributed by atoms with Crippen molar-refractivity contribution in [2.45, 2.75) is 65.1 Å². The summed E-state index contributed by atoms with van der Waals surface area (Å²) in [5.41, 5.74) is 0. The highest BCUT2D eigenvalue weighted by atomic mass is 16.2. The first-order valence-electron chi connectivity index (χ1n) is 7.18. The Balaban J connectivity index is 1.88. The quantitative estimate of drug-likeness (QED) is 0.818. The summed E-state index contributed by atoms with van der Waals surface area (Å²) in [7, 11) is 0. The van der Waals surface area contributed by atoms with Gasteiger partial charge in [-0.3, -0.25) is 10.1 Å². The second-order valence-corrected chi connectivity index (χ2v) is 5.92. The third-order valence-corrected chi connectivity index (χ3v) is 4.49. The Morgan fingerprint density at radius 3 is 2.41 bits per heavy atom. The number of carbonyl (C=O) groups is 1. The minimum absolute atomic E-state index is 0.0625. The summed E-state index contributed by atoms with van der Waals surface area (Å²) < 4.78 is 0. The van der Waals surface area contributed by atoms with E-state index in [0.29, 0.717) is 5.91 Å². The largest absolute Gasteiger partial charge is 0.326 e. The molecular weight excluding hydrogens is 212 g/mol. The van der Waals surface area contributed by atoms with Crippen LogP contribution < -0.4 is 5.32 Å². The smallest absolute Gasteiger partial charge is 0.241 e. The van der Waals surface area contributed by atoms with E-state index in [1.807, 2.05) is 0 Å². The van der Waals surface area contributed by atoms with Crippen LogP contribution in [-0.4, -0.2) is 29.6 Å². The number of rotatable bonds is 3. The third-order valence-electron chi connectivity index (χ3n) is 4.49. The predicted molar refractivity (Wildman–Crippen MR) is 69.5 cm³/mol. The highest BCUT2D eigenvalue weighted by Gasteiger charge is 2.36. The second kappa shape index (κ2) is 5.38. The number of nitrogens with zero attached hydrogens (tertiary/aromatic N) is 1. The maximum atomic E-state index is 12.1. The minimum Gasteiger partial charge on any atom is -0.326 e. The van der Waals surface area contributed by atoms with Gasteiger partial charge >= 0.3 is 0 Å². The summed E-state index contributed by atoms with van der Waals surface area (Å²) in [5, 5.41) is 3.38. The van der Waals surface area contributed by atoms with Crippen molar-refractivity contribution >= 4 is 5.91 Å². The van der Waals surface area contributed by atoms with Crippen molar-refractivity contribution in [2.24, 2.45) is 11.8 Å². The van der Waals surface area contributed by atoms with Crippen molar-refractivity contribution in [1.29, 1.82) is 0 Å². The lowest BCUT2D eigenvalue weighted by molar-refractivity contribution is -0.130. The van der Waals surface area contributed by atoms with Gasteiger partial charge in [-0.15, -0.1) is 0 Å². The average Bonchev–Trinajstić information content (AvgIpc) is 2.59. The summed E-state index contributed by atoms with van der Waals surface area (Å²) >= 11 is 0.